The summed E-state index contributed by atoms with van der Waals surface area (Å²) in [6.45, 7) is 0.258. The molecule has 1 aliphatic rings. The molecule has 0 saturated heterocycles. The van der Waals surface area contributed by atoms with Crippen LogP contribution in [-0.4, -0.2) is 28.8 Å². The van der Waals surface area contributed by atoms with Gasteiger partial charge in [-0.3, -0.25) is 9.59 Å². The molecule has 4 nitrogen and oxygen atoms in total. The zero-order valence-corrected chi connectivity index (χ0v) is 22.2. The lowest BCUT2D eigenvalue weighted by Crippen LogP contribution is -2.52. The Morgan fingerprint density at radius 3 is 2.11 bits per heavy atom. The van der Waals surface area contributed by atoms with Crippen molar-refractivity contribution >= 4 is 46.6 Å². The first-order valence-corrected chi connectivity index (χ1v) is 13.3. The Kier molecular flexibility index (Phi) is 9.30. The number of rotatable bonds is 9. The van der Waals surface area contributed by atoms with Crippen molar-refractivity contribution in [1.29, 1.82) is 0 Å². The van der Waals surface area contributed by atoms with Crippen molar-refractivity contribution in [3.63, 3.8) is 0 Å². The number of hydrogen-bond acceptors (Lipinski definition) is 2. The van der Waals surface area contributed by atoms with E-state index in [0.717, 1.165) is 36.8 Å². The summed E-state index contributed by atoms with van der Waals surface area (Å²) in [6.07, 6.45) is 4.52. The van der Waals surface area contributed by atoms with Crippen molar-refractivity contribution in [2.24, 2.45) is 0 Å². The van der Waals surface area contributed by atoms with E-state index in [4.69, 9.17) is 34.8 Å². The highest BCUT2D eigenvalue weighted by Gasteiger charge is 2.32. The highest BCUT2D eigenvalue weighted by Crippen LogP contribution is 2.27. The fraction of sp³-hybridized carbons (Fsp3) is 0.310. The molecule has 0 bridgehead atoms. The van der Waals surface area contributed by atoms with Crippen LogP contribution in [0.4, 0.5) is 0 Å². The normalized spacial score (nSPS) is 14.4. The van der Waals surface area contributed by atoms with E-state index in [1.165, 1.54) is 0 Å². The maximum atomic E-state index is 13.9. The molecule has 3 aromatic carbocycles. The molecule has 1 fully saturated rings. The summed E-state index contributed by atoms with van der Waals surface area (Å²) in [5, 5.41) is 4.68. The molecule has 7 heteroatoms. The minimum atomic E-state index is -0.697. The average Bonchev–Trinajstić information content (AvgIpc) is 3.38. The zero-order chi connectivity index (χ0) is 25.5. The Labute approximate surface area is 227 Å². The van der Waals surface area contributed by atoms with Crippen LogP contribution in [0.25, 0.3) is 0 Å². The molecular formula is C29H29Cl3N2O2. The molecule has 1 aliphatic carbocycles. The predicted molar refractivity (Wildman–Crippen MR) is 147 cm³/mol. The monoisotopic (exact) mass is 542 g/mol. The summed E-state index contributed by atoms with van der Waals surface area (Å²) in [5.74, 6) is -0.360. The standard InChI is InChI=1S/C29H29Cl3N2O2/c30-22-15-13-21(14-16-22)19-34(28(35)18-24-25(31)11-6-12-26(24)32)27(17-20-7-2-1-3-8-20)29(36)33-23-9-4-5-10-23/h1-3,6-8,11-16,23,27H,4-5,9-10,17-19H2,(H,33,36)/t27-/m0/s1. The van der Waals surface area contributed by atoms with E-state index in [0.29, 0.717) is 27.1 Å². The van der Waals surface area contributed by atoms with Gasteiger partial charge in [0, 0.05) is 34.1 Å². The average molecular weight is 544 g/mol. The van der Waals surface area contributed by atoms with Gasteiger partial charge in [0.15, 0.2) is 0 Å². The number of hydrogen-bond donors (Lipinski definition) is 1. The summed E-state index contributed by atoms with van der Waals surface area (Å²) >= 11 is 18.9. The molecule has 0 spiro atoms. The van der Waals surface area contributed by atoms with Crippen LogP contribution in [0.2, 0.25) is 15.1 Å². The van der Waals surface area contributed by atoms with E-state index < -0.39 is 6.04 Å². The summed E-state index contributed by atoms with van der Waals surface area (Å²) in [5.41, 5.74) is 2.42. The summed E-state index contributed by atoms with van der Waals surface area (Å²) in [6, 6.07) is 21.7. The van der Waals surface area contributed by atoms with Gasteiger partial charge in [-0.15, -0.1) is 0 Å². The minimum absolute atomic E-state index is 0.00586. The van der Waals surface area contributed by atoms with E-state index in [-0.39, 0.29) is 30.8 Å². The molecule has 0 heterocycles. The molecule has 4 rings (SSSR count). The molecule has 1 saturated carbocycles. The second-order valence-electron chi connectivity index (χ2n) is 9.22. The summed E-state index contributed by atoms with van der Waals surface area (Å²) in [4.78, 5) is 29.2. The maximum Gasteiger partial charge on any atom is 0.243 e. The third-order valence-electron chi connectivity index (χ3n) is 6.63. The van der Waals surface area contributed by atoms with Crippen LogP contribution in [0.5, 0.6) is 0 Å². The third-order valence-corrected chi connectivity index (χ3v) is 7.59. The van der Waals surface area contributed by atoms with Crippen LogP contribution >= 0.6 is 34.8 Å². The second kappa shape index (κ2) is 12.6. The smallest absolute Gasteiger partial charge is 0.243 e. The Hall–Kier alpha value is -2.53. The van der Waals surface area contributed by atoms with Crippen molar-refractivity contribution in [3.8, 4) is 0 Å². The number of halogens is 3. The second-order valence-corrected chi connectivity index (χ2v) is 10.5. The van der Waals surface area contributed by atoms with Crippen molar-refractivity contribution < 1.29 is 9.59 Å². The van der Waals surface area contributed by atoms with Crippen LogP contribution in [0, 0.1) is 0 Å². The molecular weight excluding hydrogens is 515 g/mol. The van der Waals surface area contributed by atoms with Gasteiger partial charge < -0.3 is 10.2 Å². The number of carbonyl (C=O) groups excluding carboxylic acids is 2. The molecule has 1 atom stereocenters. The molecule has 3 aromatic rings. The quantitative estimate of drug-likeness (QED) is 0.319. The van der Waals surface area contributed by atoms with Gasteiger partial charge in [0.1, 0.15) is 6.04 Å². The van der Waals surface area contributed by atoms with Gasteiger partial charge in [-0.2, -0.15) is 0 Å². The molecule has 0 radical (unpaired) electrons. The number of benzene rings is 3. The molecule has 2 amide bonds. The lowest BCUT2D eigenvalue weighted by atomic mass is 10.0. The first kappa shape index (κ1) is 26.5. The van der Waals surface area contributed by atoms with Crippen molar-refractivity contribution in [2.75, 3.05) is 0 Å². The van der Waals surface area contributed by atoms with Gasteiger partial charge in [0.2, 0.25) is 11.8 Å². The molecule has 0 unspecified atom stereocenters. The molecule has 0 aliphatic heterocycles. The van der Waals surface area contributed by atoms with Crippen LogP contribution in [0.15, 0.2) is 72.8 Å². The molecule has 36 heavy (non-hydrogen) atoms. The number of carbonyl (C=O) groups is 2. The fourth-order valence-electron chi connectivity index (χ4n) is 4.66. The maximum absolute atomic E-state index is 13.9. The van der Waals surface area contributed by atoms with Gasteiger partial charge in [0.25, 0.3) is 0 Å². The molecule has 1 N–H and O–H groups in total. The Balaban J connectivity index is 1.68. The number of nitrogens with one attached hydrogen (secondary N) is 1. The molecule has 188 valence electrons. The first-order chi connectivity index (χ1) is 17.4. The lowest BCUT2D eigenvalue weighted by Gasteiger charge is -2.32. The van der Waals surface area contributed by atoms with Gasteiger partial charge in [-0.05, 0) is 53.8 Å². The highest BCUT2D eigenvalue weighted by molar-refractivity contribution is 6.36. The van der Waals surface area contributed by atoms with Crippen LogP contribution in [-0.2, 0) is 29.0 Å². The van der Waals surface area contributed by atoms with E-state index in [1.54, 1.807) is 35.2 Å². The van der Waals surface area contributed by atoms with E-state index in [2.05, 4.69) is 5.32 Å². The topological polar surface area (TPSA) is 49.4 Å². The Bertz CT molecular complexity index is 1160. The van der Waals surface area contributed by atoms with Crippen LogP contribution < -0.4 is 5.32 Å². The first-order valence-electron chi connectivity index (χ1n) is 12.2. The van der Waals surface area contributed by atoms with Crippen LogP contribution in [0.3, 0.4) is 0 Å². The van der Waals surface area contributed by atoms with Crippen molar-refractivity contribution in [1.82, 2.24) is 10.2 Å². The number of amides is 2. The number of nitrogens with zero attached hydrogens (tertiary/aromatic N) is 1. The van der Waals surface area contributed by atoms with Gasteiger partial charge >= 0.3 is 0 Å². The summed E-state index contributed by atoms with van der Waals surface area (Å²) in [7, 11) is 0. The third kappa shape index (κ3) is 7.03. The zero-order valence-electron chi connectivity index (χ0n) is 19.9. The fourth-order valence-corrected chi connectivity index (χ4v) is 5.32. The Morgan fingerprint density at radius 2 is 1.47 bits per heavy atom. The van der Waals surface area contributed by atoms with E-state index >= 15 is 0 Å². The predicted octanol–water partition coefficient (Wildman–Crippen LogP) is 6.89. The molecule has 0 aromatic heterocycles. The van der Waals surface area contributed by atoms with Gasteiger partial charge in [-0.1, -0.05) is 96.2 Å². The van der Waals surface area contributed by atoms with E-state index in [9.17, 15) is 9.59 Å². The lowest BCUT2D eigenvalue weighted by molar-refractivity contribution is -0.141. The van der Waals surface area contributed by atoms with E-state index in [1.807, 2.05) is 42.5 Å². The highest BCUT2D eigenvalue weighted by atomic mass is 35.5. The Morgan fingerprint density at radius 1 is 0.833 bits per heavy atom. The van der Waals surface area contributed by atoms with Crippen LogP contribution in [0.1, 0.15) is 42.4 Å². The van der Waals surface area contributed by atoms with Gasteiger partial charge in [-0.25, -0.2) is 0 Å². The minimum Gasteiger partial charge on any atom is -0.352 e. The largest absolute Gasteiger partial charge is 0.352 e. The van der Waals surface area contributed by atoms with Crippen molar-refractivity contribution in [3.05, 3.63) is 105 Å². The van der Waals surface area contributed by atoms with Gasteiger partial charge in [0.05, 0.1) is 6.42 Å². The van der Waals surface area contributed by atoms with Crippen molar-refractivity contribution in [2.45, 2.75) is 57.2 Å². The summed E-state index contributed by atoms with van der Waals surface area (Å²) < 4.78 is 0. The SMILES string of the molecule is O=C(NC1CCCC1)[C@H](Cc1ccccc1)N(Cc1ccc(Cl)cc1)C(=O)Cc1c(Cl)cccc1Cl.